The molecule has 0 atom stereocenters. The van der Waals surface area contributed by atoms with E-state index in [0.717, 1.165) is 12.8 Å². The molecule has 2 aromatic rings. The van der Waals surface area contributed by atoms with E-state index in [1.807, 2.05) is 0 Å². The Kier molecular flexibility index (Phi) is 6.97. The molecule has 0 aliphatic rings. The second kappa shape index (κ2) is 9.20. The van der Waals surface area contributed by atoms with Crippen molar-refractivity contribution in [3.63, 3.8) is 0 Å². The molecule has 0 aliphatic heterocycles. The van der Waals surface area contributed by atoms with Crippen LogP contribution in [0.4, 0.5) is 11.4 Å². The second-order valence-corrected chi connectivity index (χ2v) is 6.26. The fraction of sp³-hybridized carbons (Fsp3) is 0.316. The van der Waals surface area contributed by atoms with Crippen molar-refractivity contribution >= 4 is 34.9 Å². The third-order valence-corrected chi connectivity index (χ3v) is 4.18. The molecule has 0 bridgehead atoms. The van der Waals surface area contributed by atoms with Gasteiger partial charge in [0, 0.05) is 19.8 Å². The van der Waals surface area contributed by atoms with E-state index in [1.165, 1.54) is 13.3 Å². The molecular weight excluding hydrogens is 354 g/mol. The van der Waals surface area contributed by atoms with E-state index in [2.05, 4.69) is 17.2 Å². The van der Waals surface area contributed by atoms with Crippen LogP contribution in [0.3, 0.4) is 0 Å². The van der Waals surface area contributed by atoms with Gasteiger partial charge >= 0.3 is 5.97 Å². The number of pyridine rings is 1. The smallest absolute Gasteiger partial charge is 0.337 e. The van der Waals surface area contributed by atoms with Crippen molar-refractivity contribution in [2.24, 2.45) is 0 Å². The Morgan fingerprint density at radius 1 is 1.23 bits per heavy atom. The third-order valence-electron chi connectivity index (χ3n) is 3.85. The van der Waals surface area contributed by atoms with E-state index in [1.54, 1.807) is 42.4 Å². The number of hydrogen-bond acceptors (Lipinski definition) is 5. The number of hydrogen-bond donors (Lipinski definition) is 1. The maximum absolute atomic E-state index is 12.5. The quantitative estimate of drug-likeness (QED) is 0.736. The van der Waals surface area contributed by atoms with Gasteiger partial charge in [0.1, 0.15) is 0 Å². The monoisotopic (exact) mass is 375 g/mol. The molecule has 0 fully saturated rings. The van der Waals surface area contributed by atoms with Crippen molar-refractivity contribution in [2.45, 2.75) is 19.8 Å². The largest absolute Gasteiger partial charge is 0.465 e. The van der Waals surface area contributed by atoms with Crippen molar-refractivity contribution in [2.75, 3.05) is 26.0 Å². The van der Waals surface area contributed by atoms with E-state index in [9.17, 15) is 9.59 Å². The molecule has 1 aromatic carbocycles. The van der Waals surface area contributed by atoms with Gasteiger partial charge in [0.15, 0.2) is 0 Å². The van der Waals surface area contributed by atoms with E-state index in [0.29, 0.717) is 34.1 Å². The number of benzene rings is 1. The molecule has 1 N–H and O–H groups in total. The molecule has 7 heteroatoms. The van der Waals surface area contributed by atoms with Gasteiger partial charge in [0.05, 0.1) is 40.8 Å². The van der Waals surface area contributed by atoms with Crippen LogP contribution in [-0.4, -0.2) is 42.5 Å². The Morgan fingerprint density at radius 3 is 2.69 bits per heavy atom. The Bertz CT molecular complexity index is 795. The van der Waals surface area contributed by atoms with Gasteiger partial charge in [-0.1, -0.05) is 24.9 Å². The highest BCUT2D eigenvalue weighted by Crippen LogP contribution is 2.27. The lowest BCUT2D eigenvalue weighted by Gasteiger charge is -2.17. The summed E-state index contributed by atoms with van der Waals surface area (Å²) in [6.45, 7) is 2.77. The minimum absolute atomic E-state index is 0.0935. The lowest BCUT2D eigenvalue weighted by molar-refractivity contribution is 0.0600. The van der Waals surface area contributed by atoms with Gasteiger partial charge in [-0.3, -0.25) is 9.78 Å². The normalized spacial score (nSPS) is 10.3. The van der Waals surface area contributed by atoms with Gasteiger partial charge in [-0.15, -0.1) is 0 Å². The first-order chi connectivity index (χ1) is 12.5. The van der Waals surface area contributed by atoms with Gasteiger partial charge in [-0.25, -0.2) is 4.79 Å². The van der Waals surface area contributed by atoms with Crippen LogP contribution in [0.1, 0.15) is 40.5 Å². The molecule has 2 rings (SSSR count). The summed E-state index contributed by atoms with van der Waals surface area (Å²) in [5.41, 5.74) is 1.98. The summed E-state index contributed by atoms with van der Waals surface area (Å²) in [6, 6.07) is 6.49. The first kappa shape index (κ1) is 19.7. The molecule has 1 amide bonds. The minimum atomic E-state index is -0.454. The Hall–Kier alpha value is -2.60. The lowest BCUT2D eigenvalue weighted by Crippen LogP contribution is -2.27. The molecule has 26 heavy (non-hydrogen) atoms. The summed E-state index contributed by atoms with van der Waals surface area (Å²) in [7, 11) is 3.09. The molecule has 0 spiro atoms. The van der Waals surface area contributed by atoms with Gasteiger partial charge in [-0.05, 0) is 30.7 Å². The molecule has 1 aromatic heterocycles. The summed E-state index contributed by atoms with van der Waals surface area (Å²) in [5.74, 6) is -0.548. The number of amides is 1. The van der Waals surface area contributed by atoms with E-state index in [-0.39, 0.29) is 5.91 Å². The van der Waals surface area contributed by atoms with E-state index >= 15 is 0 Å². The average Bonchev–Trinajstić information content (AvgIpc) is 2.66. The zero-order valence-electron chi connectivity index (χ0n) is 15.1. The van der Waals surface area contributed by atoms with Crippen LogP contribution in [-0.2, 0) is 4.74 Å². The lowest BCUT2D eigenvalue weighted by atomic mass is 10.2. The number of aromatic nitrogens is 1. The predicted molar refractivity (Wildman–Crippen MR) is 102 cm³/mol. The number of ether oxygens (including phenoxy) is 1. The summed E-state index contributed by atoms with van der Waals surface area (Å²) in [5, 5.41) is 3.54. The van der Waals surface area contributed by atoms with Crippen LogP contribution in [0.5, 0.6) is 0 Å². The maximum atomic E-state index is 12.5. The SMILES string of the molecule is CCCCN(C)C(=O)c1cncc(Nc2cc(C(=O)OC)ccc2Cl)c1. The molecule has 138 valence electrons. The molecule has 0 unspecified atom stereocenters. The number of carbonyl (C=O) groups is 2. The number of esters is 1. The number of nitrogens with one attached hydrogen (secondary N) is 1. The fourth-order valence-corrected chi connectivity index (χ4v) is 2.53. The molecule has 6 nitrogen and oxygen atoms in total. The Labute approximate surface area is 158 Å². The highest BCUT2D eigenvalue weighted by Gasteiger charge is 2.13. The fourth-order valence-electron chi connectivity index (χ4n) is 2.36. The summed E-state index contributed by atoms with van der Waals surface area (Å²) in [6.07, 6.45) is 5.09. The highest BCUT2D eigenvalue weighted by atomic mass is 35.5. The zero-order valence-corrected chi connectivity index (χ0v) is 15.8. The zero-order chi connectivity index (χ0) is 19.1. The number of carbonyl (C=O) groups excluding carboxylic acids is 2. The Morgan fingerprint density at radius 2 is 2.00 bits per heavy atom. The molecule has 0 saturated heterocycles. The van der Waals surface area contributed by atoms with Gasteiger partial charge in [0.2, 0.25) is 0 Å². The topological polar surface area (TPSA) is 71.5 Å². The number of unbranched alkanes of at least 4 members (excludes halogenated alkanes) is 1. The van der Waals surface area contributed by atoms with Crippen LogP contribution in [0.2, 0.25) is 5.02 Å². The second-order valence-electron chi connectivity index (χ2n) is 5.85. The number of rotatable bonds is 7. The first-order valence-corrected chi connectivity index (χ1v) is 8.69. The average molecular weight is 376 g/mol. The molecule has 0 saturated carbocycles. The summed E-state index contributed by atoms with van der Waals surface area (Å²) < 4.78 is 4.72. The molecular formula is C19H22ClN3O3. The maximum Gasteiger partial charge on any atom is 0.337 e. The third kappa shape index (κ3) is 4.95. The van der Waals surface area contributed by atoms with Crippen molar-refractivity contribution in [1.82, 2.24) is 9.88 Å². The summed E-state index contributed by atoms with van der Waals surface area (Å²) >= 11 is 6.19. The van der Waals surface area contributed by atoms with Crippen LogP contribution in [0, 0.1) is 0 Å². The van der Waals surface area contributed by atoms with Gasteiger partial charge < -0.3 is 15.0 Å². The molecule has 0 aliphatic carbocycles. The van der Waals surface area contributed by atoms with Gasteiger partial charge in [0.25, 0.3) is 5.91 Å². The highest BCUT2D eigenvalue weighted by molar-refractivity contribution is 6.33. The van der Waals surface area contributed by atoms with E-state index < -0.39 is 5.97 Å². The number of halogens is 1. The van der Waals surface area contributed by atoms with Crippen LogP contribution >= 0.6 is 11.6 Å². The van der Waals surface area contributed by atoms with E-state index in [4.69, 9.17) is 16.3 Å². The van der Waals surface area contributed by atoms with Crippen LogP contribution in [0.25, 0.3) is 0 Å². The predicted octanol–water partition coefficient (Wildman–Crippen LogP) is 4.14. The number of anilines is 2. The van der Waals surface area contributed by atoms with Gasteiger partial charge in [-0.2, -0.15) is 0 Å². The summed E-state index contributed by atoms with van der Waals surface area (Å²) in [4.78, 5) is 30.0. The first-order valence-electron chi connectivity index (χ1n) is 8.31. The minimum Gasteiger partial charge on any atom is -0.465 e. The Balaban J connectivity index is 2.21. The number of methoxy groups -OCH3 is 1. The number of nitrogens with zero attached hydrogens (tertiary/aromatic N) is 2. The van der Waals surface area contributed by atoms with Crippen molar-refractivity contribution in [1.29, 1.82) is 0 Å². The van der Waals surface area contributed by atoms with Crippen LogP contribution < -0.4 is 5.32 Å². The molecule has 0 radical (unpaired) electrons. The van der Waals surface area contributed by atoms with Crippen molar-refractivity contribution < 1.29 is 14.3 Å². The van der Waals surface area contributed by atoms with Crippen LogP contribution in [0.15, 0.2) is 36.7 Å². The standard InChI is InChI=1S/C19H22ClN3O3/c1-4-5-8-23(2)18(24)14-9-15(12-21-11-14)22-17-10-13(19(25)26-3)6-7-16(17)20/h6-7,9-12,22H,4-5,8H2,1-3H3. The van der Waals surface area contributed by atoms with Crippen molar-refractivity contribution in [3.8, 4) is 0 Å². The molecule has 1 heterocycles. The van der Waals surface area contributed by atoms with Crippen molar-refractivity contribution in [3.05, 3.63) is 52.8 Å².